The number of nitrogens with one attached hydrogen (secondary N) is 2. The summed E-state index contributed by atoms with van der Waals surface area (Å²) >= 11 is 0.815. The van der Waals surface area contributed by atoms with Crippen LogP contribution >= 0.6 is 11.3 Å². The molecule has 0 aromatic carbocycles. The summed E-state index contributed by atoms with van der Waals surface area (Å²) in [6.07, 6.45) is 0. The molecule has 2 N–H and O–H groups in total. The van der Waals surface area contributed by atoms with Crippen molar-refractivity contribution >= 4 is 32.0 Å². The Kier molecular flexibility index (Phi) is 5.66. The average molecular weight is 309 g/mol. The molecule has 0 fully saturated rings. The van der Waals surface area contributed by atoms with Crippen LogP contribution in [0.1, 0.15) is 6.92 Å². The lowest BCUT2D eigenvalue weighted by molar-refractivity contribution is -0.383. The van der Waals surface area contributed by atoms with Gasteiger partial charge in [0.2, 0.25) is 10.0 Å². The minimum absolute atomic E-state index is 0.0972. The summed E-state index contributed by atoms with van der Waals surface area (Å²) in [6.45, 7) is 2.67. The van der Waals surface area contributed by atoms with Crippen LogP contribution in [0.2, 0.25) is 0 Å². The molecule has 1 rings (SSSR count). The number of sulfonamides is 1. The van der Waals surface area contributed by atoms with E-state index in [1.54, 1.807) is 6.92 Å². The fourth-order valence-electron chi connectivity index (χ4n) is 1.27. The normalized spacial score (nSPS) is 11.5. The quantitative estimate of drug-likeness (QED) is 0.421. The molecule has 0 atom stereocenters. The molecule has 0 saturated heterocycles. The fraction of sp³-hybridized carbons (Fsp3) is 0.556. The van der Waals surface area contributed by atoms with E-state index in [0.29, 0.717) is 6.61 Å². The van der Waals surface area contributed by atoms with Gasteiger partial charge in [-0.15, -0.1) is 0 Å². The lowest BCUT2D eigenvalue weighted by Gasteiger charge is -2.03. The van der Waals surface area contributed by atoms with Gasteiger partial charge < -0.3 is 10.1 Å². The predicted molar refractivity (Wildman–Crippen MR) is 72.2 cm³/mol. The molecule has 0 saturated carbocycles. The van der Waals surface area contributed by atoms with Crippen molar-refractivity contribution in [3.05, 3.63) is 16.2 Å². The molecule has 0 unspecified atom stereocenters. The van der Waals surface area contributed by atoms with Crippen molar-refractivity contribution in [3.8, 4) is 0 Å². The Morgan fingerprint density at radius 3 is 2.68 bits per heavy atom. The standard InChI is InChI=1S/C9H15N3O5S2/c1-3-17-5-4-11-19(15,16)8-6-7(12(13)14)9(10-2)18-8/h6,10-11H,3-5H2,1-2H3. The predicted octanol–water partition coefficient (Wildman–Crippen LogP) is 1.01. The Labute approximate surface area is 115 Å². The smallest absolute Gasteiger partial charge is 0.304 e. The molecule has 0 amide bonds. The minimum atomic E-state index is -3.74. The summed E-state index contributed by atoms with van der Waals surface area (Å²) in [5.41, 5.74) is -0.252. The highest BCUT2D eigenvalue weighted by Gasteiger charge is 2.25. The Bertz CT molecular complexity index is 540. The minimum Gasteiger partial charge on any atom is -0.380 e. The van der Waals surface area contributed by atoms with Crippen molar-refractivity contribution in [1.82, 2.24) is 4.72 Å². The first-order valence-electron chi connectivity index (χ1n) is 5.45. The van der Waals surface area contributed by atoms with Crippen molar-refractivity contribution in [2.24, 2.45) is 0 Å². The molecule has 10 heteroatoms. The van der Waals surface area contributed by atoms with E-state index in [4.69, 9.17) is 4.74 Å². The third-order valence-electron chi connectivity index (χ3n) is 2.12. The summed E-state index contributed by atoms with van der Waals surface area (Å²) < 4.78 is 31.0. The van der Waals surface area contributed by atoms with Crippen LogP contribution in [0.5, 0.6) is 0 Å². The first-order chi connectivity index (χ1) is 8.92. The summed E-state index contributed by atoms with van der Waals surface area (Å²) in [6, 6.07) is 1.04. The zero-order chi connectivity index (χ0) is 14.5. The van der Waals surface area contributed by atoms with Gasteiger partial charge in [0.1, 0.15) is 4.21 Å². The number of rotatable bonds is 8. The highest BCUT2D eigenvalue weighted by molar-refractivity contribution is 7.91. The van der Waals surface area contributed by atoms with Crippen LogP contribution in [-0.2, 0) is 14.8 Å². The van der Waals surface area contributed by atoms with E-state index in [1.807, 2.05) is 0 Å². The molecule has 0 aliphatic carbocycles. The fourth-order valence-corrected chi connectivity index (χ4v) is 3.61. The number of hydrogen-bond acceptors (Lipinski definition) is 7. The SMILES string of the molecule is CCOCCNS(=O)(=O)c1cc([N+](=O)[O-])c(NC)s1. The van der Waals surface area contributed by atoms with Crippen LogP contribution in [0.4, 0.5) is 10.7 Å². The van der Waals surface area contributed by atoms with Gasteiger partial charge in [0.05, 0.1) is 11.5 Å². The molecular weight excluding hydrogens is 294 g/mol. The van der Waals surface area contributed by atoms with Gasteiger partial charge in [-0.25, -0.2) is 13.1 Å². The van der Waals surface area contributed by atoms with Gasteiger partial charge in [-0.2, -0.15) is 0 Å². The van der Waals surface area contributed by atoms with E-state index >= 15 is 0 Å². The van der Waals surface area contributed by atoms with E-state index < -0.39 is 14.9 Å². The molecule has 0 aliphatic heterocycles. The van der Waals surface area contributed by atoms with Crippen LogP contribution in [0.15, 0.2) is 10.3 Å². The molecule has 19 heavy (non-hydrogen) atoms. The van der Waals surface area contributed by atoms with Crippen LogP contribution in [0.3, 0.4) is 0 Å². The lowest BCUT2D eigenvalue weighted by Crippen LogP contribution is -2.26. The summed E-state index contributed by atoms with van der Waals surface area (Å²) in [5, 5.41) is 13.6. The molecule has 0 spiro atoms. The molecule has 1 heterocycles. The summed E-state index contributed by atoms with van der Waals surface area (Å²) in [4.78, 5) is 10.1. The Balaban J connectivity index is 2.86. The number of nitro groups is 1. The third kappa shape index (κ3) is 4.13. The zero-order valence-electron chi connectivity index (χ0n) is 10.5. The van der Waals surface area contributed by atoms with Gasteiger partial charge in [0, 0.05) is 26.3 Å². The summed E-state index contributed by atoms with van der Waals surface area (Å²) in [7, 11) is -2.24. The first kappa shape index (κ1) is 15.8. The van der Waals surface area contributed by atoms with Gasteiger partial charge >= 0.3 is 5.69 Å². The van der Waals surface area contributed by atoms with E-state index in [-0.39, 0.29) is 28.0 Å². The van der Waals surface area contributed by atoms with Gasteiger partial charge in [0.25, 0.3) is 0 Å². The van der Waals surface area contributed by atoms with Crippen LogP contribution in [-0.4, -0.2) is 40.1 Å². The molecule has 8 nitrogen and oxygen atoms in total. The van der Waals surface area contributed by atoms with Crippen LogP contribution < -0.4 is 10.0 Å². The van der Waals surface area contributed by atoms with E-state index in [1.165, 1.54) is 7.05 Å². The third-order valence-corrected chi connectivity index (χ3v) is 5.20. The monoisotopic (exact) mass is 309 g/mol. The van der Waals surface area contributed by atoms with Crippen LogP contribution in [0.25, 0.3) is 0 Å². The maximum Gasteiger partial charge on any atom is 0.304 e. The summed E-state index contributed by atoms with van der Waals surface area (Å²) in [5.74, 6) is 0. The van der Waals surface area contributed by atoms with Crippen LogP contribution in [0, 0.1) is 10.1 Å². The average Bonchev–Trinajstić information content (AvgIpc) is 2.79. The van der Waals surface area contributed by atoms with Gasteiger partial charge in [-0.1, -0.05) is 11.3 Å². The molecule has 108 valence electrons. The van der Waals surface area contributed by atoms with Crippen molar-refractivity contribution in [1.29, 1.82) is 0 Å². The second-order valence-corrected chi connectivity index (χ2v) is 6.43. The van der Waals surface area contributed by atoms with Crippen molar-refractivity contribution in [2.45, 2.75) is 11.1 Å². The zero-order valence-corrected chi connectivity index (χ0v) is 12.1. The maximum atomic E-state index is 11.9. The maximum absolute atomic E-state index is 11.9. The second kappa shape index (κ2) is 6.80. The number of anilines is 1. The Hall–Kier alpha value is -1.23. The molecular formula is C9H15N3O5S2. The highest BCUT2D eigenvalue weighted by atomic mass is 32.2. The van der Waals surface area contributed by atoms with Gasteiger partial charge in [-0.3, -0.25) is 10.1 Å². The number of thiophene rings is 1. The van der Waals surface area contributed by atoms with Gasteiger partial charge in [0.15, 0.2) is 5.00 Å². The molecule has 0 radical (unpaired) electrons. The van der Waals surface area contributed by atoms with Crippen molar-refractivity contribution in [2.75, 3.05) is 32.1 Å². The van der Waals surface area contributed by atoms with E-state index in [9.17, 15) is 18.5 Å². The largest absolute Gasteiger partial charge is 0.380 e. The first-order valence-corrected chi connectivity index (χ1v) is 7.75. The van der Waals surface area contributed by atoms with Crippen molar-refractivity contribution in [3.63, 3.8) is 0 Å². The number of nitrogens with zero attached hydrogens (tertiary/aromatic N) is 1. The molecule has 1 aromatic rings. The van der Waals surface area contributed by atoms with Gasteiger partial charge in [-0.05, 0) is 6.92 Å². The number of ether oxygens (including phenoxy) is 1. The van der Waals surface area contributed by atoms with Crippen molar-refractivity contribution < 1.29 is 18.1 Å². The van der Waals surface area contributed by atoms with E-state index in [0.717, 1.165) is 17.4 Å². The highest BCUT2D eigenvalue weighted by Crippen LogP contribution is 2.36. The lowest BCUT2D eigenvalue weighted by atomic mass is 10.5. The molecule has 0 aliphatic rings. The molecule has 1 aromatic heterocycles. The second-order valence-electron chi connectivity index (χ2n) is 3.38. The number of hydrogen-bond donors (Lipinski definition) is 2. The topological polar surface area (TPSA) is 111 Å². The Morgan fingerprint density at radius 2 is 2.21 bits per heavy atom. The Morgan fingerprint density at radius 1 is 1.53 bits per heavy atom. The molecule has 0 bridgehead atoms. The van der Waals surface area contributed by atoms with E-state index in [2.05, 4.69) is 10.0 Å².